The number of carbonyl (C=O) groups excluding carboxylic acids is 3. The lowest BCUT2D eigenvalue weighted by Crippen LogP contribution is -2.51. The lowest BCUT2D eigenvalue weighted by Gasteiger charge is -2.27. The first-order valence-corrected chi connectivity index (χ1v) is 9.53. The van der Waals surface area contributed by atoms with Crippen molar-refractivity contribution in [1.82, 2.24) is 15.5 Å². The molecular formula is C20H27N3O4. The van der Waals surface area contributed by atoms with Gasteiger partial charge in [-0.15, -0.1) is 0 Å². The number of urea groups is 1. The molecule has 2 aliphatic rings. The predicted octanol–water partition coefficient (Wildman–Crippen LogP) is 2.30. The van der Waals surface area contributed by atoms with E-state index in [4.69, 9.17) is 4.74 Å². The molecule has 1 heterocycles. The Balaban J connectivity index is 1.82. The number of ether oxygens (including phenoxy) is 1. The van der Waals surface area contributed by atoms with Gasteiger partial charge in [0.2, 0.25) is 5.91 Å². The van der Waals surface area contributed by atoms with Crippen LogP contribution in [0.25, 0.3) is 0 Å². The second kappa shape index (κ2) is 7.58. The van der Waals surface area contributed by atoms with E-state index >= 15 is 0 Å². The zero-order chi connectivity index (χ0) is 19.6. The third kappa shape index (κ3) is 3.38. The van der Waals surface area contributed by atoms with E-state index in [1.54, 1.807) is 38.3 Å². The number of amides is 4. The van der Waals surface area contributed by atoms with Crippen molar-refractivity contribution in [2.75, 3.05) is 7.11 Å². The topological polar surface area (TPSA) is 87.7 Å². The minimum Gasteiger partial charge on any atom is -0.497 e. The molecule has 7 nitrogen and oxygen atoms in total. The highest BCUT2D eigenvalue weighted by Gasteiger charge is 2.53. The number of nitrogens with one attached hydrogen (secondary N) is 2. The van der Waals surface area contributed by atoms with E-state index in [2.05, 4.69) is 10.6 Å². The molecule has 1 saturated heterocycles. The SMILES string of the molecule is CCC1(c2ccc(OC)cc2)NC(=O)N(C(C)C(=O)NC2CCCC2)C1=O. The number of hydrogen-bond acceptors (Lipinski definition) is 4. The summed E-state index contributed by atoms with van der Waals surface area (Å²) in [6, 6.07) is 5.80. The molecule has 3 rings (SSSR count). The van der Waals surface area contributed by atoms with E-state index in [1.165, 1.54) is 0 Å². The first-order valence-electron chi connectivity index (χ1n) is 9.53. The first kappa shape index (κ1) is 19.2. The average molecular weight is 373 g/mol. The van der Waals surface area contributed by atoms with Crippen molar-refractivity contribution < 1.29 is 19.1 Å². The highest BCUT2D eigenvalue weighted by molar-refractivity contribution is 6.10. The summed E-state index contributed by atoms with van der Waals surface area (Å²) in [5.74, 6) is -0.00999. The average Bonchev–Trinajstić information content (AvgIpc) is 3.27. The number of methoxy groups -OCH3 is 1. The quantitative estimate of drug-likeness (QED) is 0.749. The van der Waals surface area contributed by atoms with Crippen molar-refractivity contribution in [2.45, 2.75) is 63.6 Å². The van der Waals surface area contributed by atoms with Crippen molar-refractivity contribution in [3.05, 3.63) is 29.8 Å². The van der Waals surface area contributed by atoms with Gasteiger partial charge in [0.15, 0.2) is 0 Å². The molecule has 0 spiro atoms. The number of benzene rings is 1. The maximum atomic E-state index is 13.2. The monoisotopic (exact) mass is 373 g/mol. The van der Waals surface area contributed by atoms with E-state index in [1.807, 2.05) is 6.92 Å². The Morgan fingerprint density at radius 1 is 1.30 bits per heavy atom. The summed E-state index contributed by atoms with van der Waals surface area (Å²) in [5.41, 5.74) is -0.485. The van der Waals surface area contributed by atoms with Gasteiger partial charge in [0.1, 0.15) is 17.3 Å². The first-order chi connectivity index (χ1) is 12.9. The van der Waals surface area contributed by atoms with Crippen LogP contribution in [0.2, 0.25) is 0 Å². The number of rotatable bonds is 6. The highest BCUT2D eigenvalue weighted by Crippen LogP contribution is 2.34. The molecule has 0 radical (unpaired) electrons. The van der Waals surface area contributed by atoms with Gasteiger partial charge in [0.05, 0.1) is 7.11 Å². The second-order valence-corrected chi connectivity index (χ2v) is 7.26. The van der Waals surface area contributed by atoms with Crippen LogP contribution in [-0.4, -0.2) is 41.9 Å². The lowest BCUT2D eigenvalue weighted by atomic mass is 9.87. The fourth-order valence-corrected chi connectivity index (χ4v) is 3.97. The molecule has 2 N–H and O–H groups in total. The number of nitrogens with zero attached hydrogens (tertiary/aromatic N) is 1. The Labute approximate surface area is 159 Å². The molecule has 2 fully saturated rings. The van der Waals surface area contributed by atoms with Gasteiger partial charge in [0.25, 0.3) is 5.91 Å². The van der Waals surface area contributed by atoms with Crippen LogP contribution < -0.4 is 15.4 Å². The van der Waals surface area contributed by atoms with Crippen molar-refractivity contribution in [1.29, 1.82) is 0 Å². The Bertz CT molecular complexity index is 727. The van der Waals surface area contributed by atoms with Gasteiger partial charge in [-0.3, -0.25) is 9.59 Å². The minimum atomic E-state index is -1.16. The van der Waals surface area contributed by atoms with Crippen LogP contribution in [0, 0.1) is 0 Å². The Morgan fingerprint density at radius 3 is 2.48 bits per heavy atom. The largest absolute Gasteiger partial charge is 0.497 e. The summed E-state index contributed by atoms with van der Waals surface area (Å²) in [4.78, 5) is 39.5. The van der Waals surface area contributed by atoms with Crippen LogP contribution in [0.15, 0.2) is 24.3 Å². The zero-order valence-corrected chi connectivity index (χ0v) is 16.1. The molecule has 27 heavy (non-hydrogen) atoms. The van der Waals surface area contributed by atoms with Crippen molar-refractivity contribution in [3.8, 4) is 5.75 Å². The Hall–Kier alpha value is -2.57. The zero-order valence-electron chi connectivity index (χ0n) is 16.1. The van der Waals surface area contributed by atoms with Crippen LogP contribution in [-0.2, 0) is 15.1 Å². The van der Waals surface area contributed by atoms with Gasteiger partial charge in [0, 0.05) is 6.04 Å². The van der Waals surface area contributed by atoms with Crippen LogP contribution in [0.4, 0.5) is 4.79 Å². The maximum absolute atomic E-state index is 13.2. The maximum Gasteiger partial charge on any atom is 0.326 e. The molecule has 1 aliphatic heterocycles. The molecule has 2 atom stereocenters. The molecule has 0 aromatic heterocycles. The molecule has 7 heteroatoms. The van der Waals surface area contributed by atoms with Gasteiger partial charge < -0.3 is 15.4 Å². The molecule has 1 aromatic carbocycles. The van der Waals surface area contributed by atoms with Crippen LogP contribution in [0.5, 0.6) is 5.75 Å². The van der Waals surface area contributed by atoms with E-state index in [9.17, 15) is 14.4 Å². The smallest absolute Gasteiger partial charge is 0.326 e. The number of imide groups is 1. The van der Waals surface area contributed by atoms with E-state index < -0.39 is 23.5 Å². The molecule has 4 amide bonds. The normalized spacial score (nSPS) is 24.0. The molecule has 1 saturated carbocycles. The minimum absolute atomic E-state index is 0.137. The van der Waals surface area contributed by atoms with Gasteiger partial charge in [-0.25, -0.2) is 9.69 Å². The fraction of sp³-hybridized carbons (Fsp3) is 0.550. The fourth-order valence-electron chi connectivity index (χ4n) is 3.97. The number of hydrogen-bond donors (Lipinski definition) is 2. The molecule has 146 valence electrons. The summed E-state index contributed by atoms with van der Waals surface area (Å²) < 4.78 is 5.16. The predicted molar refractivity (Wildman–Crippen MR) is 100 cm³/mol. The van der Waals surface area contributed by atoms with E-state index in [0.29, 0.717) is 17.7 Å². The molecule has 1 aliphatic carbocycles. The van der Waals surface area contributed by atoms with Gasteiger partial charge >= 0.3 is 6.03 Å². The van der Waals surface area contributed by atoms with Gasteiger partial charge in [-0.1, -0.05) is 31.9 Å². The summed E-state index contributed by atoms with van der Waals surface area (Å²) >= 11 is 0. The number of carbonyl (C=O) groups is 3. The van der Waals surface area contributed by atoms with E-state index in [0.717, 1.165) is 30.6 Å². The van der Waals surface area contributed by atoms with Crippen LogP contribution in [0.1, 0.15) is 51.5 Å². The standard InChI is InChI=1S/C20H27N3O4/c1-4-20(14-9-11-16(27-3)12-10-14)18(25)23(19(26)22-20)13(2)17(24)21-15-7-5-6-8-15/h9-13,15H,4-8H2,1-3H3,(H,21,24)(H,22,26). The highest BCUT2D eigenvalue weighted by atomic mass is 16.5. The van der Waals surface area contributed by atoms with Crippen molar-refractivity contribution >= 4 is 17.8 Å². The third-order valence-corrected chi connectivity index (χ3v) is 5.70. The molecule has 0 bridgehead atoms. The summed E-state index contributed by atoms with van der Waals surface area (Å²) in [7, 11) is 1.57. The summed E-state index contributed by atoms with van der Waals surface area (Å²) in [5, 5.41) is 5.78. The lowest BCUT2D eigenvalue weighted by molar-refractivity contribution is -0.138. The van der Waals surface area contributed by atoms with E-state index in [-0.39, 0.29) is 11.9 Å². The summed E-state index contributed by atoms with van der Waals surface area (Å²) in [6.07, 6.45) is 4.47. The molecule has 2 unspecified atom stereocenters. The van der Waals surface area contributed by atoms with Crippen LogP contribution in [0.3, 0.4) is 0 Å². The van der Waals surface area contributed by atoms with Gasteiger partial charge in [-0.2, -0.15) is 0 Å². The van der Waals surface area contributed by atoms with Crippen molar-refractivity contribution in [3.63, 3.8) is 0 Å². The van der Waals surface area contributed by atoms with Crippen LogP contribution >= 0.6 is 0 Å². The Morgan fingerprint density at radius 2 is 1.93 bits per heavy atom. The Kier molecular flexibility index (Phi) is 5.39. The third-order valence-electron chi connectivity index (χ3n) is 5.70. The molecule has 1 aromatic rings. The van der Waals surface area contributed by atoms with Gasteiger partial charge in [-0.05, 0) is 43.9 Å². The molecular weight excluding hydrogens is 346 g/mol. The van der Waals surface area contributed by atoms with Crippen molar-refractivity contribution in [2.24, 2.45) is 0 Å². The second-order valence-electron chi connectivity index (χ2n) is 7.26. The summed E-state index contributed by atoms with van der Waals surface area (Å²) in [6.45, 7) is 3.44.